The SMILES string of the molecule is C1CCC2=NCCCN2CC1.COC(=O)C1(CBr)CC1.COC(=O)C1(CN2CC3(Cc4ccc(O)cc4C3)C2)CC1.Oc1ccc2c(c1)CC1(CNC1)C2. The fourth-order valence-electron chi connectivity index (χ4n) is 9.53. The number of phenolic OH excluding ortho intramolecular Hbond substituents is 2. The quantitative estimate of drug-likeness (QED) is 0.253. The molecule has 2 aromatic carbocycles. The van der Waals surface area contributed by atoms with Gasteiger partial charge in [0.1, 0.15) is 11.5 Å². The lowest BCUT2D eigenvalue weighted by atomic mass is 9.76. The number of aromatic hydroxyl groups is 2. The fourth-order valence-corrected chi connectivity index (χ4v) is 10.3. The van der Waals surface area contributed by atoms with Gasteiger partial charge in [0.15, 0.2) is 0 Å². The van der Waals surface area contributed by atoms with Crippen molar-refractivity contribution in [3.8, 4) is 11.5 Å². The Kier molecular flexibility index (Phi) is 11.7. The molecule has 0 unspecified atom stereocenters. The van der Waals surface area contributed by atoms with Gasteiger partial charge in [-0.3, -0.25) is 14.6 Å². The molecule has 2 saturated carbocycles. The molecule has 2 aromatic rings. The zero-order valence-electron chi connectivity index (χ0n) is 32.3. The smallest absolute Gasteiger partial charge is 0.313 e. The van der Waals surface area contributed by atoms with Crippen molar-refractivity contribution < 1.29 is 29.3 Å². The van der Waals surface area contributed by atoms with Crippen molar-refractivity contribution >= 4 is 33.7 Å². The van der Waals surface area contributed by atoms with E-state index in [9.17, 15) is 19.8 Å². The number of carbonyl (C=O) groups is 2. The van der Waals surface area contributed by atoms with Crippen molar-refractivity contribution in [2.24, 2.45) is 26.7 Å². The van der Waals surface area contributed by atoms with Crippen LogP contribution in [0.5, 0.6) is 11.5 Å². The molecule has 4 aliphatic heterocycles. The summed E-state index contributed by atoms with van der Waals surface area (Å²) in [7, 11) is 2.92. The normalized spacial score (nSPS) is 23.7. The van der Waals surface area contributed by atoms with Crippen LogP contribution in [0.3, 0.4) is 0 Å². The molecule has 8 aliphatic rings. The summed E-state index contributed by atoms with van der Waals surface area (Å²) in [6.45, 7) is 8.85. The predicted molar refractivity (Wildman–Crippen MR) is 213 cm³/mol. The molecule has 5 fully saturated rings. The molecule has 4 heterocycles. The van der Waals surface area contributed by atoms with Crippen LogP contribution in [0.2, 0.25) is 0 Å². The summed E-state index contributed by atoms with van der Waals surface area (Å²) in [6.07, 6.45) is 15.0. The van der Waals surface area contributed by atoms with E-state index in [-0.39, 0.29) is 22.8 Å². The Morgan fingerprint density at radius 2 is 1.31 bits per heavy atom. The lowest BCUT2D eigenvalue weighted by molar-refractivity contribution is -0.149. The molecule has 11 heteroatoms. The van der Waals surface area contributed by atoms with Crippen LogP contribution in [0.4, 0.5) is 0 Å². The van der Waals surface area contributed by atoms with Crippen molar-refractivity contribution in [1.29, 1.82) is 0 Å². The van der Waals surface area contributed by atoms with E-state index in [0.29, 0.717) is 22.3 Å². The number of methoxy groups -OCH3 is 2. The van der Waals surface area contributed by atoms with E-state index in [1.807, 2.05) is 12.1 Å². The molecule has 0 amide bonds. The molecule has 10 nitrogen and oxygen atoms in total. The predicted octanol–water partition coefficient (Wildman–Crippen LogP) is 5.83. The van der Waals surface area contributed by atoms with Crippen LogP contribution >= 0.6 is 15.9 Å². The summed E-state index contributed by atoms with van der Waals surface area (Å²) in [5.41, 5.74) is 5.93. The van der Waals surface area contributed by atoms with Crippen LogP contribution in [-0.4, -0.2) is 110 Å². The van der Waals surface area contributed by atoms with E-state index < -0.39 is 0 Å². The van der Waals surface area contributed by atoms with Crippen LogP contribution in [0.25, 0.3) is 0 Å². The van der Waals surface area contributed by atoms with E-state index in [1.54, 1.807) is 12.1 Å². The van der Waals surface area contributed by atoms with Gasteiger partial charge in [0.2, 0.25) is 0 Å². The highest BCUT2D eigenvalue weighted by Crippen LogP contribution is 2.51. The van der Waals surface area contributed by atoms with Gasteiger partial charge in [-0.2, -0.15) is 0 Å². The minimum atomic E-state index is -0.208. The number of fused-ring (bicyclic) bond motifs is 3. The van der Waals surface area contributed by atoms with Crippen molar-refractivity contribution in [3.63, 3.8) is 0 Å². The first-order chi connectivity index (χ1) is 26.0. The summed E-state index contributed by atoms with van der Waals surface area (Å²) >= 11 is 3.27. The third-order valence-electron chi connectivity index (χ3n) is 13.1. The van der Waals surface area contributed by atoms with E-state index in [2.05, 4.69) is 52.9 Å². The first-order valence-corrected chi connectivity index (χ1v) is 21.2. The standard InChI is InChI=1S/C17H21NO3.C11H13NO.C9H16N2.C6H9BrO2/c1-21-15(20)17(4-5-17)11-18-9-16(10-18)7-12-2-3-14(19)6-13(12)8-16;13-10-2-1-8-4-11(6-12-7-11)5-9(8)3-10;1-2-5-9-10-6-4-8-11(9)7-3-1;1-9-5(8)6(4-7)2-3-6/h2-3,6,19H,4-5,7-11H2,1H3;1-3,12-13H,4-7H2;1-8H2;2-4H2,1H3. The highest BCUT2D eigenvalue weighted by Gasteiger charge is 2.56. The van der Waals surface area contributed by atoms with Crippen molar-refractivity contribution in [3.05, 3.63) is 58.7 Å². The molecule has 10 rings (SSSR count). The number of alkyl halides is 1. The maximum atomic E-state index is 11.8. The van der Waals surface area contributed by atoms with Gasteiger partial charge in [-0.15, -0.1) is 0 Å². The number of nitrogens with one attached hydrogen (secondary N) is 1. The van der Waals surface area contributed by atoms with Gasteiger partial charge in [0, 0.05) is 74.9 Å². The Morgan fingerprint density at radius 1 is 0.759 bits per heavy atom. The molecule has 0 atom stereocenters. The number of phenols is 2. The highest BCUT2D eigenvalue weighted by molar-refractivity contribution is 9.09. The third-order valence-corrected chi connectivity index (χ3v) is 14.1. The number of rotatable bonds is 5. The summed E-state index contributed by atoms with van der Waals surface area (Å²) in [6, 6.07) is 11.5. The van der Waals surface area contributed by atoms with Gasteiger partial charge in [0.05, 0.1) is 30.9 Å². The summed E-state index contributed by atoms with van der Waals surface area (Å²) in [5.74, 6) is 2.06. The second kappa shape index (κ2) is 16.1. The number of nitrogens with zero attached hydrogens (tertiary/aromatic N) is 3. The van der Waals surface area contributed by atoms with E-state index >= 15 is 0 Å². The van der Waals surface area contributed by atoms with Crippen LogP contribution in [0, 0.1) is 21.7 Å². The highest BCUT2D eigenvalue weighted by atomic mass is 79.9. The molecule has 4 aliphatic carbocycles. The Labute approximate surface area is 329 Å². The first kappa shape index (κ1) is 39.1. The Hall–Kier alpha value is -3.15. The number of esters is 2. The number of aliphatic imine (C=N–C) groups is 1. The molecule has 54 heavy (non-hydrogen) atoms. The van der Waals surface area contributed by atoms with E-state index in [1.165, 1.54) is 93.9 Å². The lowest BCUT2D eigenvalue weighted by Gasteiger charge is -2.49. The van der Waals surface area contributed by atoms with Gasteiger partial charge in [-0.1, -0.05) is 34.5 Å². The van der Waals surface area contributed by atoms with Crippen molar-refractivity contribution in [1.82, 2.24) is 15.1 Å². The number of carbonyl (C=O) groups excluding carboxylic acids is 2. The Balaban J connectivity index is 0.000000118. The topological polar surface area (TPSA) is 124 Å². The maximum absolute atomic E-state index is 11.8. The monoisotopic (exact) mass is 806 g/mol. The van der Waals surface area contributed by atoms with Crippen LogP contribution in [-0.2, 0) is 44.7 Å². The zero-order valence-corrected chi connectivity index (χ0v) is 33.9. The number of hydrogen-bond acceptors (Lipinski definition) is 10. The van der Waals surface area contributed by atoms with Crippen LogP contribution < -0.4 is 5.32 Å². The number of hydrogen-bond donors (Lipinski definition) is 3. The summed E-state index contributed by atoms with van der Waals surface area (Å²) < 4.78 is 9.53. The average Bonchev–Trinajstić information content (AvgIpc) is 4.07. The summed E-state index contributed by atoms with van der Waals surface area (Å²) in [4.78, 5) is 32.1. The van der Waals surface area contributed by atoms with Crippen molar-refractivity contribution in [2.75, 3.05) is 71.9 Å². The number of benzene rings is 2. The second-order valence-electron chi connectivity index (χ2n) is 17.5. The average molecular weight is 808 g/mol. The van der Waals surface area contributed by atoms with Crippen LogP contribution in [0.15, 0.2) is 41.4 Å². The van der Waals surface area contributed by atoms with Gasteiger partial charge >= 0.3 is 11.9 Å². The largest absolute Gasteiger partial charge is 0.508 e. The molecule has 2 spiro atoms. The molecule has 3 saturated heterocycles. The molecular weight excluding hydrogens is 748 g/mol. The lowest BCUT2D eigenvalue weighted by Crippen LogP contribution is -2.58. The van der Waals surface area contributed by atoms with Crippen LogP contribution in [0.1, 0.15) is 80.0 Å². The van der Waals surface area contributed by atoms with E-state index in [0.717, 1.165) is 89.5 Å². The Morgan fingerprint density at radius 3 is 1.85 bits per heavy atom. The van der Waals surface area contributed by atoms with Crippen molar-refractivity contribution in [2.45, 2.75) is 83.5 Å². The molecule has 0 bridgehead atoms. The molecule has 3 N–H and O–H groups in total. The first-order valence-electron chi connectivity index (χ1n) is 20.1. The number of likely N-dealkylation sites (tertiary alicyclic amines) is 1. The number of amidine groups is 1. The number of halogens is 1. The minimum Gasteiger partial charge on any atom is -0.508 e. The third kappa shape index (κ3) is 8.63. The summed E-state index contributed by atoms with van der Waals surface area (Å²) in [5, 5.41) is 23.0. The Bertz CT molecular complexity index is 1710. The maximum Gasteiger partial charge on any atom is 0.313 e. The number of ether oxygens (including phenoxy) is 2. The second-order valence-corrected chi connectivity index (χ2v) is 18.0. The van der Waals surface area contributed by atoms with Gasteiger partial charge < -0.3 is 34.8 Å². The van der Waals surface area contributed by atoms with Gasteiger partial charge in [0.25, 0.3) is 0 Å². The minimum absolute atomic E-state index is 0.0388. The molecule has 0 radical (unpaired) electrons. The molecular formula is C43H59BrN4O6. The van der Waals surface area contributed by atoms with Gasteiger partial charge in [-0.25, -0.2) is 0 Å². The molecule has 0 aromatic heterocycles. The molecule has 294 valence electrons. The fraction of sp³-hybridized carbons (Fsp3) is 0.651. The van der Waals surface area contributed by atoms with E-state index in [4.69, 9.17) is 4.74 Å². The zero-order chi connectivity index (χ0) is 38.0. The van der Waals surface area contributed by atoms with Gasteiger partial charge in [-0.05, 0) is 117 Å².